The van der Waals surface area contributed by atoms with Gasteiger partial charge in [0.2, 0.25) is 0 Å². The lowest BCUT2D eigenvalue weighted by Crippen LogP contribution is -1.98. The van der Waals surface area contributed by atoms with Crippen LogP contribution in [0.4, 0.5) is 0 Å². The van der Waals surface area contributed by atoms with Crippen molar-refractivity contribution < 1.29 is 9.53 Å². The Kier molecular flexibility index (Phi) is 6.72. The molecule has 0 aromatic rings. The largest absolute Gasteiger partial charge is 0.463 e. The molecule has 0 atom stereocenters. The Morgan fingerprint density at radius 3 is 3.12 bits per heavy atom. The van der Waals surface area contributed by atoms with Crippen LogP contribution in [0.25, 0.3) is 0 Å². The highest BCUT2D eigenvalue weighted by atomic mass is 16.5. The lowest BCUT2D eigenvalue weighted by atomic mass is 10.0. The predicted octanol–water partition coefficient (Wildman–Crippen LogP) is 3.19. The van der Waals surface area contributed by atoms with Gasteiger partial charge in [-0.1, -0.05) is 23.8 Å². The van der Waals surface area contributed by atoms with Gasteiger partial charge in [-0.15, -0.1) is 0 Å². The molecular formula is C14H19NO2. The van der Waals surface area contributed by atoms with E-state index >= 15 is 0 Å². The topological polar surface area (TPSA) is 38.7 Å². The number of carbonyl (C=O) groups is 1. The molecule has 0 N–H and O–H groups in total. The summed E-state index contributed by atoms with van der Waals surface area (Å²) in [5.41, 5.74) is 1.39. The highest BCUT2D eigenvalue weighted by Crippen LogP contribution is 2.14. The van der Waals surface area contributed by atoms with Crippen LogP contribution in [0, 0.1) is 0 Å². The number of esters is 1. The van der Waals surface area contributed by atoms with Crippen LogP contribution in [0.2, 0.25) is 0 Å². The molecular weight excluding hydrogens is 214 g/mol. The van der Waals surface area contributed by atoms with E-state index in [-0.39, 0.29) is 5.97 Å². The average molecular weight is 233 g/mol. The van der Waals surface area contributed by atoms with Crippen molar-refractivity contribution in [3.8, 4) is 0 Å². The monoisotopic (exact) mass is 233 g/mol. The molecule has 1 aliphatic rings. The maximum absolute atomic E-state index is 11.0. The van der Waals surface area contributed by atoms with E-state index in [2.05, 4.69) is 11.1 Å². The van der Waals surface area contributed by atoms with Gasteiger partial charge < -0.3 is 4.74 Å². The van der Waals surface area contributed by atoms with Gasteiger partial charge in [0.1, 0.15) is 0 Å². The maximum Gasteiger partial charge on any atom is 0.330 e. The Balaban J connectivity index is 2.15. The van der Waals surface area contributed by atoms with Crippen LogP contribution in [-0.4, -0.2) is 18.8 Å². The number of nitrogens with zero attached hydrogens (tertiary/aromatic N) is 1. The highest BCUT2D eigenvalue weighted by Gasteiger charge is 1.98. The predicted molar refractivity (Wildman–Crippen MR) is 70.0 cm³/mol. The minimum absolute atomic E-state index is 0.290. The molecule has 0 spiro atoms. The first kappa shape index (κ1) is 13.4. The zero-order valence-electron chi connectivity index (χ0n) is 10.3. The van der Waals surface area contributed by atoms with E-state index in [1.165, 1.54) is 11.6 Å². The molecule has 0 unspecified atom stereocenters. The van der Waals surface area contributed by atoms with E-state index in [1.807, 2.05) is 18.5 Å². The average Bonchev–Trinajstić information content (AvgIpc) is 2.35. The lowest BCUT2D eigenvalue weighted by molar-refractivity contribution is -0.137. The van der Waals surface area contributed by atoms with Crippen LogP contribution >= 0.6 is 0 Å². The molecule has 17 heavy (non-hydrogen) atoms. The third-order valence-corrected chi connectivity index (χ3v) is 2.36. The maximum atomic E-state index is 11.0. The molecule has 1 heterocycles. The van der Waals surface area contributed by atoms with Crippen LogP contribution in [0.1, 0.15) is 32.6 Å². The molecule has 0 saturated heterocycles. The van der Waals surface area contributed by atoms with Gasteiger partial charge in [-0.05, 0) is 32.6 Å². The summed E-state index contributed by atoms with van der Waals surface area (Å²) in [5, 5.41) is 0. The Morgan fingerprint density at radius 2 is 2.41 bits per heavy atom. The SMILES string of the molecule is CCOC(=O)C=CC=CCCC1=CN=CCC1. The van der Waals surface area contributed by atoms with Gasteiger partial charge in [0.05, 0.1) is 6.61 Å². The van der Waals surface area contributed by atoms with Crippen LogP contribution < -0.4 is 0 Å². The lowest BCUT2D eigenvalue weighted by Gasteiger charge is -2.05. The summed E-state index contributed by atoms with van der Waals surface area (Å²) < 4.78 is 4.76. The number of hydrogen-bond donors (Lipinski definition) is 0. The fourth-order valence-corrected chi connectivity index (χ4v) is 1.50. The quantitative estimate of drug-likeness (QED) is 0.401. The van der Waals surface area contributed by atoms with Gasteiger partial charge in [0, 0.05) is 18.5 Å². The van der Waals surface area contributed by atoms with Crippen molar-refractivity contribution in [1.82, 2.24) is 0 Å². The Labute approximate surface area is 103 Å². The molecule has 0 saturated carbocycles. The van der Waals surface area contributed by atoms with Crippen molar-refractivity contribution in [3.63, 3.8) is 0 Å². The van der Waals surface area contributed by atoms with Gasteiger partial charge in [0.25, 0.3) is 0 Å². The van der Waals surface area contributed by atoms with Crippen molar-refractivity contribution in [2.24, 2.45) is 4.99 Å². The molecule has 3 heteroatoms. The van der Waals surface area contributed by atoms with E-state index in [0.717, 1.165) is 25.7 Å². The molecule has 92 valence electrons. The summed E-state index contributed by atoms with van der Waals surface area (Å²) in [6.07, 6.45) is 15.2. The Morgan fingerprint density at radius 1 is 1.53 bits per heavy atom. The molecule has 3 nitrogen and oxygen atoms in total. The van der Waals surface area contributed by atoms with E-state index in [1.54, 1.807) is 13.0 Å². The second-order valence-corrected chi connectivity index (χ2v) is 3.74. The second kappa shape index (κ2) is 8.50. The van der Waals surface area contributed by atoms with Gasteiger partial charge in [-0.25, -0.2) is 4.79 Å². The third kappa shape index (κ3) is 6.51. The summed E-state index contributed by atoms with van der Waals surface area (Å²) in [5.74, 6) is -0.290. The number of hydrogen-bond acceptors (Lipinski definition) is 3. The molecule has 0 fully saturated rings. The third-order valence-electron chi connectivity index (χ3n) is 2.36. The molecule has 0 aromatic carbocycles. The number of allylic oxidation sites excluding steroid dienone is 4. The Bertz CT molecular complexity index is 351. The summed E-state index contributed by atoms with van der Waals surface area (Å²) in [7, 11) is 0. The standard InChI is InChI=1S/C14H19NO2/c1-2-17-14(16)10-6-4-3-5-8-13-9-7-11-15-12-13/h3-4,6,10-12H,2,5,7-9H2,1H3. The molecule has 1 aliphatic heterocycles. The molecule has 0 aliphatic carbocycles. The zero-order valence-corrected chi connectivity index (χ0v) is 10.3. The summed E-state index contributed by atoms with van der Waals surface area (Å²) in [4.78, 5) is 15.1. The molecule has 0 aromatic heterocycles. The summed E-state index contributed by atoms with van der Waals surface area (Å²) in [6.45, 7) is 2.21. The van der Waals surface area contributed by atoms with Crippen molar-refractivity contribution >= 4 is 12.2 Å². The first-order valence-electron chi connectivity index (χ1n) is 6.02. The van der Waals surface area contributed by atoms with Crippen LogP contribution in [0.3, 0.4) is 0 Å². The first-order chi connectivity index (χ1) is 8.33. The van der Waals surface area contributed by atoms with Gasteiger partial charge in [-0.2, -0.15) is 0 Å². The van der Waals surface area contributed by atoms with Gasteiger partial charge in [-0.3, -0.25) is 4.99 Å². The van der Waals surface area contributed by atoms with Gasteiger partial charge in [0.15, 0.2) is 0 Å². The van der Waals surface area contributed by atoms with E-state index in [4.69, 9.17) is 4.74 Å². The first-order valence-corrected chi connectivity index (χ1v) is 6.02. The van der Waals surface area contributed by atoms with Crippen LogP contribution in [-0.2, 0) is 9.53 Å². The molecule has 1 rings (SSSR count). The number of ether oxygens (including phenoxy) is 1. The second-order valence-electron chi connectivity index (χ2n) is 3.74. The van der Waals surface area contributed by atoms with Crippen molar-refractivity contribution in [2.75, 3.05) is 6.61 Å². The minimum atomic E-state index is -0.290. The number of carbonyl (C=O) groups excluding carboxylic acids is 1. The van der Waals surface area contributed by atoms with E-state index in [0.29, 0.717) is 6.61 Å². The van der Waals surface area contributed by atoms with Crippen molar-refractivity contribution in [2.45, 2.75) is 32.6 Å². The summed E-state index contributed by atoms with van der Waals surface area (Å²) >= 11 is 0. The Hall–Kier alpha value is -1.64. The zero-order chi connectivity index (χ0) is 12.3. The summed E-state index contributed by atoms with van der Waals surface area (Å²) in [6, 6.07) is 0. The minimum Gasteiger partial charge on any atom is -0.463 e. The van der Waals surface area contributed by atoms with Crippen molar-refractivity contribution in [1.29, 1.82) is 0 Å². The highest BCUT2D eigenvalue weighted by molar-refractivity contribution is 5.82. The number of aliphatic imine (C=N–C) groups is 1. The van der Waals surface area contributed by atoms with E-state index in [9.17, 15) is 4.79 Å². The van der Waals surface area contributed by atoms with Crippen LogP contribution in [0.5, 0.6) is 0 Å². The fraction of sp³-hybridized carbons (Fsp3) is 0.429. The van der Waals surface area contributed by atoms with Crippen molar-refractivity contribution in [3.05, 3.63) is 36.1 Å². The van der Waals surface area contributed by atoms with Gasteiger partial charge >= 0.3 is 5.97 Å². The molecule has 0 radical (unpaired) electrons. The van der Waals surface area contributed by atoms with E-state index < -0.39 is 0 Å². The molecule has 0 bridgehead atoms. The normalized spacial score (nSPS) is 15.5. The number of rotatable bonds is 6. The smallest absolute Gasteiger partial charge is 0.330 e. The molecule has 0 amide bonds. The van der Waals surface area contributed by atoms with Crippen LogP contribution in [0.15, 0.2) is 41.1 Å². The fourth-order valence-electron chi connectivity index (χ4n) is 1.50.